The summed E-state index contributed by atoms with van der Waals surface area (Å²) in [6, 6.07) is 21.7. The van der Waals surface area contributed by atoms with E-state index in [1.54, 1.807) is 0 Å². The monoisotopic (exact) mass is 281 g/mol. The first-order valence-corrected chi connectivity index (χ1v) is 7.96. The van der Waals surface area contributed by atoms with Gasteiger partial charge in [0, 0.05) is 6.54 Å². The molecule has 21 heavy (non-hydrogen) atoms. The van der Waals surface area contributed by atoms with Gasteiger partial charge in [0.15, 0.2) is 0 Å². The number of rotatable bonds is 8. The minimum Gasteiger partial charge on any atom is -0.309 e. The number of hydrogen-bond donors (Lipinski definition) is 0. The molecular weight excluding hydrogens is 254 g/mol. The average molecular weight is 281 g/mol. The summed E-state index contributed by atoms with van der Waals surface area (Å²) in [6.07, 6.45) is 4.92. The zero-order valence-electron chi connectivity index (χ0n) is 13.3. The van der Waals surface area contributed by atoms with Gasteiger partial charge in [0.25, 0.3) is 0 Å². The van der Waals surface area contributed by atoms with Crippen LogP contribution in [0.1, 0.15) is 24.0 Å². The fourth-order valence-corrected chi connectivity index (χ4v) is 2.87. The lowest BCUT2D eigenvalue weighted by atomic mass is 9.93. The smallest absolute Gasteiger partial charge is 0.000379 e. The number of nitrogens with zero attached hydrogens (tertiary/aromatic N) is 1. The van der Waals surface area contributed by atoms with Crippen LogP contribution < -0.4 is 0 Å². The Morgan fingerprint density at radius 3 is 1.52 bits per heavy atom. The Morgan fingerprint density at radius 2 is 1.14 bits per heavy atom. The summed E-state index contributed by atoms with van der Waals surface area (Å²) < 4.78 is 0. The zero-order valence-corrected chi connectivity index (χ0v) is 13.3. The first kappa shape index (κ1) is 15.8. The lowest BCUT2D eigenvalue weighted by Crippen LogP contribution is -2.22. The Morgan fingerprint density at radius 1 is 0.714 bits per heavy atom. The number of hydrogen-bond acceptors (Lipinski definition) is 1. The van der Waals surface area contributed by atoms with E-state index in [9.17, 15) is 0 Å². The Kier molecular flexibility index (Phi) is 6.49. The number of aryl methyl sites for hydroxylation is 2. The normalized spacial score (nSPS) is 11.2. The Balaban J connectivity index is 1.85. The maximum absolute atomic E-state index is 2.32. The molecule has 0 amide bonds. The van der Waals surface area contributed by atoms with E-state index in [4.69, 9.17) is 0 Å². The van der Waals surface area contributed by atoms with Crippen molar-refractivity contribution in [3.05, 3.63) is 71.8 Å². The van der Waals surface area contributed by atoms with Crippen LogP contribution in [0.3, 0.4) is 0 Å². The van der Waals surface area contributed by atoms with Gasteiger partial charge in [-0.15, -0.1) is 0 Å². The molecule has 0 aliphatic carbocycles. The molecule has 2 aromatic rings. The summed E-state index contributed by atoms with van der Waals surface area (Å²) >= 11 is 0. The summed E-state index contributed by atoms with van der Waals surface area (Å²) in [4.78, 5) is 2.32. The second-order valence-electron chi connectivity index (χ2n) is 6.18. The standard InChI is InChI=1S/C20H27N/c1-21(2)17-20(15-13-18-9-5-3-6-10-18)16-14-19-11-7-4-8-12-19/h3-12,20H,13-17H2,1-2H3. The van der Waals surface area contributed by atoms with Gasteiger partial charge in [0.05, 0.1) is 0 Å². The predicted molar refractivity (Wildman–Crippen MR) is 91.6 cm³/mol. The molecule has 0 heterocycles. The SMILES string of the molecule is CN(C)CC(CCc1ccccc1)CCc1ccccc1. The van der Waals surface area contributed by atoms with E-state index in [2.05, 4.69) is 79.7 Å². The topological polar surface area (TPSA) is 3.24 Å². The highest BCUT2D eigenvalue weighted by Crippen LogP contribution is 2.17. The third-order valence-corrected chi connectivity index (χ3v) is 3.99. The van der Waals surface area contributed by atoms with Gasteiger partial charge in [-0.3, -0.25) is 0 Å². The van der Waals surface area contributed by atoms with E-state index in [1.807, 2.05) is 0 Å². The first-order chi connectivity index (χ1) is 10.2. The lowest BCUT2D eigenvalue weighted by Gasteiger charge is -2.21. The molecular formula is C20H27N. The van der Waals surface area contributed by atoms with E-state index in [0.29, 0.717) is 0 Å². The molecule has 0 aliphatic heterocycles. The molecule has 2 aromatic carbocycles. The molecule has 1 nitrogen and oxygen atoms in total. The molecule has 0 unspecified atom stereocenters. The minimum atomic E-state index is 0.764. The third kappa shape index (κ3) is 6.14. The summed E-state index contributed by atoms with van der Waals surface area (Å²) in [5.74, 6) is 0.764. The molecule has 0 saturated heterocycles. The minimum absolute atomic E-state index is 0.764. The van der Waals surface area contributed by atoms with E-state index >= 15 is 0 Å². The van der Waals surface area contributed by atoms with Gasteiger partial charge in [-0.1, -0.05) is 60.7 Å². The highest BCUT2D eigenvalue weighted by Gasteiger charge is 2.10. The van der Waals surface area contributed by atoms with Crippen LogP contribution >= 0.6 is 0 Å². The fourth-order valence-electron chi connectivity index (χ4n) is 2.87. The highest BCUT2D eigenvalue weighted by molar-refractivity contribution is 5.16. The van der Waals surface area contributed by atoms with Crippen LogP contribution in [-0.4, -0.2) is 25.5 Å². The van der Waals surface area contributed by atoms with E-state index in [-0.39, 0.29) is 0 Å². The van der Waals surface area contributed by atoms with Crippen LogP contribution in [0.4, 0.5) is 0 Å². The second-order valence-corrected chi connectivity index (χ2v) is 6.18. The van der Waals surface area contributed by atoms with E-state index < -0.39 is 0 Å². The van der Waals surface area contributed by atoms with Crippen molar-refractivity contribution >= 4 is 0 Å². The summed E-state index contributed by atoms with van der Waals surface area (Å²) in [5, 5.41) is 0. The summed E-state index contributed by atoms with van der Waals surface area (Å²) in [6.45, 7) is 1.18. The van der Waals surface area contributed by atoms with Crippen LogP contribution in [0, 0.1) is 5.92 Å². The van der Waals surface area contributed by atoms with Crippen molar-refractivity contribution in [2.45, 2.75) is 25.7 Å². The van der Waals surface area contributed by atoms with Gasteiger partial charge in [-0.05, 0) is 56.8 Å². The third-order valence-electron chi connectivity index (χ3n) is 3.99. The predicted octanol–water partition coefficient (Wildman–Crippen LogP) is 4.43. The maximum Gasteiger partial charge on any atom is 0.000379 e. The fraction of sp³-hybridized carbons (Fsp3) is 0.400. The second kappa shape index (κ2) is 8.63. The van der Waals surface area contributed by atoms with Crippen LogP contribution in [0.25, 0.3) is 0 Å². The molecule has 0 spiro atoms. The molecule has 0 bridgehead atoms. The van der Waals surface area contributed by atoms with Gasteiger partial charge < -0.3 is 4.90 Å². The van der Waals surface area contributed by atoms with Crippen LogP contribution in [0.15, 0.2) is 60.7 Å². The molecule has 0 aliphatic rings. The van der Waals surface area contributed by atoms with Gasteiger partial charge in [0.2, 0.25) is 0 Å². The summed E-state index contributed by atoms with van der Waals surface area (Å²) in [5.41, 5.74) is 2.92. The number of benzene rings is 2. The first-order valence-electron chi connectivity index (χ1n) is 7.96. The van der Waals surface area contributed by atoms with Crippen LogP contribution in [0.2, 0.25) is 0 Å². The van der Waals surface area contributed by atoms with E-state index in [0.717, 1.165) is 5.92 Å². The highest BCUT2D eigenvalue weighted by atomic mass is 15.1. The molecule has 1 heteroatoms. The van der Waals surface area contributed by atoms with Gasteiger partial charge in [-0.2, -0.15) is 0 Å². The molecule has 0 radical (unpaired) electrons. The van der Waals surface area contributed by atoms with Gasteiger partial charge >= 0.3 is 0 Å². The largest absolute Gasteiger partial charge is 0.309 e. The van der Waals surface area contributed by atoms with Crippen molar-refractivity contribution < 1.29 is 0 Å². The molecule has 0 fully saturated rings. The average Bonchev–Trinajstić information content (AvgIpc) is 2.51. The molecule has 0 atom stereocenters. The van der Waals surface area contributed by atoms with Crippen molar-refractivity contribution in [3.63, 3.8) is 0 Å². The Bertz CT molecular complexity index is 446. The van der Waals surface area contributed by atoms with Gasteiger partial charge in [-0.25, -0.2) is 0 Å². The molecule has 0 aromatic heterocycles. The molecule has 2 rings (SSSR count). The van der Waals surface area contributed by atoms with Crippen LogP contribution in [-0.2, 0) is 12.8 Å². The maximum atomic E-state index is 2.32. The lowest BCUT2D eigenvalue weighted by molar-refractivity contribution is 0.299. The Hall–Kier alpha value is -1.60. The quantitative estimate of drug-likeness (QED) is 0.692. The molecule has 112 valence electrons. The van der Waals surface area contributed by atoms with Crippen LogP contribution in [0.5, 0.6) is 0 Å². The summed E-state index contributed by atoms with van der Waals surface area (Å²) in [7, 11) is 4.36. The molecule has 0 N–H and O–H groups in total. The Labute approximate surface area is 129 Å². The van der Waals surface area contributed by atoms with Crippen molar-refractivity contribution in [1.29, 1.82) is 0 Å². The van der Waals surface area contributed by atoms with Crippen molar-refractivity contribution in [2.24, 2.45) is 5.92 Å². The van der Waals surface area contributed by atoms with Crippen molar-refractivity contribution in [2.75, 3.05) is 20.6 Å². The van der Waals surface area contributed by atoms with E-state index in [1.165, 1.54) is 43.4 Å². The van der Waals surface area contributed by atoms with Crippen molar-refractivity contribution in [3.8, 4) is 0 Å². The molecule has 0 saturated carbocycles. The van der Waals surface area contributed by atoms with Gasteiger partial charge in [0.1, 0.15) is 0 Å². The zero-order chi connectivity index (χ0) is 14.9. The van der Waals surface area contributed by atoms with Crippen molar-refractivity contribution in [1.82, 2.24) is 4.90 Å².